The Morgan fingerprint density at radius 1 is 1.33 bits per heavy atom. The van der Waals surface area contributed by atoms with Crippen molar-refractivity contribution < 1.29 is 17.9 Å². The highest BCUT2D eigenvalue weighted by molar-refractivity contribution is 5.50. The van der Waals surface area contributed by atoms with Crippen LogP contribution in [0, 0.1) is 0 Å². The van der Waals surface area contributed by atoms with Crippen molar-refractivity contribution in [1.82, 2.24) is 19.6 Å². The second kappa shape index (κ2) is 4.83. The minimum absolute atomic E-state index is 0.0195. The monoisotopic (exact) mass is 301 g/mol. The summed E-state index contributed by atoms with van der Waals surface area (Å²) in [5, 5.41) is 3.92. The van der Waals surface area contributed by atoms with Gasteiger partial charge >= 0.3 is 6.18 Å². The van der Waals surface area contributed by atoms with Crippen LogP contribution in [0.1, 0.15) is 19.5 Å². The molecule has 2 aromatic rings. The molecular weight excluding hydrogens is 287 g/mol. The maximum atomic E-state index is 12.9. The number of nitrogens with zero attached hydrogens (tertiary/aromatic N) is 5. The van der Waals surface area contributed by atoms with Gasteiger partial charge in [0.2, 0.25) is 0 Å². The Hall–Kier alpha value is -1.90. The summed E-state index contributed by atoms with van der Waals surface area (Å²) in [7, 11) is 0. The molecule has 6 nitrogen and oxygen atoms in total. The third kappa shape index (κ3) is 2.65. The smallest absolute Gasteiger partial charge is 0.372 e. The summed E-state index contributed by atoms with van der Waals surface area (Å²) >= 11 is 0. The van der Waals surface area contributed by atoms with Crippen molar-refractivity contribution >= 4 is 11.6 Å². The van der Waals surface area contributed by atoms with Gasteiger partial charge in [-0.25, -0.2) is 4.98 Å². The van der Waals surface area contributed by atoms with Crippen LogP contribution < -0.4 is 4.90 Å². The molecule has 1 fully saturated rings. The molecule has 1 aliphatic heterocycles. The summed E-state index contributed by atoms with van der Waals surface area (Å²) in [6.07, 6.45) is -3.22. The van der Waals surface area contributed by atoms with Gasteiger partial charge in [0, 0.05) is 19.2 Å². The molecule has 3 heterocycles. The summed E-state index contributed by atoms with van der Waals surface area (Å²) in [5.74, 6) is 0.265. The van der Waals surface area contributed by atoms with E-state index in [1.807, 2.05) is 13.8 Å². The maximum absolute atomic E-state index is 12.9. The number of ether oxygens (including phenoxy) is 1. The van der Waals surface area contributed by atoms with Crippen LogP contribution in [-0.4, -0.2) is 44.9 Å². The van der Waals surface area contributed by atoms with Gasteiger partial charge in [0.05, 0.1) is 12.2 Å². The van der Waals surface area contributed by atoms with Crippen molar-refractivity contribution in [2.24, 2.45) is 0 Å². The van der Waals surface area contributed by atoms with Crippen LogP contribution in [0.4, 0.5) is 19.0 Å². The van der Waals surface area contributed by atoms with Crippen LogP contribution >= 0.6 is 0 Å². The number of alkyl halides is 3. The minimum Gasteiger partial charge on any atom is -0.372 e. The van der Waals surface area contributed by atoms with E-state index in [2.05, 4.69) is 15.1 Å². The first-order valence-electron chi connectivity index (χ1n) is 6.53. The van der Waals surface area contributed by atoms with Crippen molar-refractivity contribution in [2.75, 3.05) is 18.0 Å². The lowest BCUT2D eigenvalue weighted by Gasteiger charge is -2.41. The lowest BCUT2D eigenvalue weighted by atomic mass is 10.1. The highest BCUT2D eigenvalue weighted by Gasteiger charge is 2.36. The van der Waals surface area contributed by atoms with E-state index >= 15 is 0 Å². The van der Waals surface area contributed by atoms with Crippen LogP contribution in [0.2, 0.25) is 0 Å². The first-order valence-corrected chi connectivity index (χ1v) is 6.53. The van der Waals surface area contributed by atoms with Crippen molar-refractivity contribution in [2.45, 2.75) is 32.2 Å². The molecule has 21 heavy (non-hydrogen) atoms. The highest BCUT2D eigenvalue weighted by atomic mass is 19.4. The largest absolute Gasteiger partial charge is 0.433 e. The number of hydrogen-bond donors (Lipinski definition) is 0. The molecule has 0 aliphatic carbocycles. The predicted molar refractivity (Wildman–Crippen MR) is 68.0 cm³/mol. The van der Waals surface area contributed by atoms with Crippen LogP contribution in [0.5, 0.6) is 0 Å². The topological polar surface area (TPSA) is 55.5 Å². The Bertz CT molecular complexity index is 648. The molecule has 1 aliphatic rings. The zero-order valence-electron chi connectivity index (χ0n) is 11.5. The first-order chi connectivity index (χ1) is 9.84. The molecule has 0 amide bonds. The molecule has 0 unspecified atom stereocenters. The van der Waals surface area contributed by atoms with Gasteiger partial charge in [0.1, 0.15) is 12.1 Å². The lowest BCUT2D eigenvalue weighted by Crippen LogP contribution is -2.53. The Morgan fingerprint density at radius 2 is 2.05 bits per heavy atom. The summed E-state index contributed by atoms with van der Waals surface area (Å²) < 4.78 is 45.5. The van der Waals surface area contributed by atoms with Crippen molar-refractivity contribution in [1.29, 1.82) is 0 Å². The minimum atomic E-state index is -4.51. The summed E-state index contributed by atoms with van der Waals surface area (Å²) in [5.41, 5.74) is -0.966. The molecule has 0 N–H and O–H groups in total. The van der Waals surface area contributed by atoms with Gasteiger partial charge in [-0.2, -0.15) is 27.8 Å². The van der Waals surface area contributed by atoms with Gasteiger partial charge in [-0.3, -0.25) is 0 Å². The van der Waals surface area contributed by atoms with Gasteiger partial charge < -0.3 is 9.64 Å². The molecule has 0 bridgehead atoms. The Morgan fingerprint density at radius 3 is 2.67 bits per heavy atom. The standard InChI is InChI=1S/C12H14F3N5O/c1-7(2)21-8-4-19(5-8)10-3-9(12(13,14)15)18-11-16-6-17-20(10)11/h3,6-8H,4-5H2,1-2H3. The van der Waals surface area contributed by atoms with Gasteiger partial charge in [-0.1, -0.05) is 0 Å². The molecule has 3 rings (SSSR count). The third-order valence-corrected chi connectivity index (χ3v) is 3.16. The average Bonchev–Trinajstić information content (AvgIpc) is 2.79. The van der Waals surface area contributed by atoms with E-state index in [1.54, 1.807) is 4.90 Å². The SMILES string of the molecule is CC(C)OC1CN(c2cc(C(F)(F)F)nc3ncnn23)C1. The van der Waals surface area contributed by atoms with E-state index in [4.69, 9.17) is 4.74 Å². The van der Waals surface area contributed by atoms with Crippen molar-refractivity contribution in [3.8, 4) is 0 Å². The fourth-order valence-corrected chi connectivity index (χ4v) is 2.26. The number of fused-ring (bicyclic) bond motifs is 1. The highest BCUT2D eigenvalue weighted by Crippen LogP contribution is 2.32. The molecule has 1 saturated heterocycles. The number of anilines is 1. The Labute approximate surface area is 118 Å². The molecule has 9 heteroatoms. The molecular formula is C12H14F3N5O. The second-order valence-corrected chi connectivity index (χ2v) is 5.18. The molecule has 0 spiro atoms. The fraction of sp³-hybridized carbons (Fsp3) is 0.583. The van der Waals surface area contributed by atoms with Gasteiger partial charge in [0.25, 0.3) is 5.78 Å². The summed E-state index contributed by atoms with van der Waals surface area (Å²) in [4.78, 5) is 9.00. The fourth-order valence-electron chi connectivity index (χ4n) is 2.26. The average molecular weight is 301 g/mol. The quantitative estimate of drug-likeness (QED) is 0.864. The van der Waals surface area contributed by atoms with Gasteiger partial charge in [0.15, 0.2) is 5.69 Å². The van der Waals surface area contributed by atoms with E-state index in [-0.39, 0.29) is 18.0 Å². The zero-order valence-corrected chi connectivity index (χ0v) is 11.5. The van der Waals surface area contributed by atoms with Gasteiger partial charge in [-0.05, 0) is 13.8 Å². The predicted octanol–water partition coefficient (Wildman–Crippen LogP) is 1.76. The van der Waals surface area contributed by atoms with Crippen LogP contribution in [0.25, 0.3) is 5.78 Å². The first kappa shape index (κ1) is 14.1. The van der Waals surface area contributed by atoms with Crippen molar-refractivity contribution in [3.63, 3.8) is 0 Å². The van der Waals surface area contributed by atoms with Gasteiger partial charge in [-0.15, -0.1) is 0 Å². The number of hydrogen-bond acceptors (Lipinski definition) is 5. The Kier molecular flexibility index (Phi) is 3.23. The number of aromatic nitrogens is 4. The molecule has 0 aromatic carbocycles. The normalized spacial score (nSPS) is 16.8. The molecule has 114 valence electrons. The lowest BCUT2D eigenvalue weighted by molar-refractivity contribution is -0.141. The van der Waals surface area contributed by atoms with E-state index in [1.165, 1.54) is 10.8 Å². The Balaban J connectivity index is 1.90. The van der Waals surface area contributed by atoms with Crippen LogP contribution in [0.3, 0.4) is 0 Å². The maximum Gasteiger partial charge on any atom is 0.433 e. The summed E-state index contributed by atoms with van der Waals surface area (Å²) in [6, 6.07) is 0.993. The molecule has 2 aromatic heterocycles. The molecule has 0 saturated carbocycles. The molecule has 0 radical (unpaired) electrons. The van der Waals surface area contributed by atoms with E-state index in [9.17, 15) is 13.2 Å². The molecule has 0 atom stereocenters. The number of rotatable bonds is 3. The van der Waals surface area contributed by atoms with Crippen LogP contribution in [-0.2, 0) is 10.9 Å². The number of halogens is 3. The van der Waals surface area contributed by atoms with Crippen molar-refractivity contribution in [3.05, 3.63) is 18.1 Å². The van der Waals surface area contributed by atoms with E-state index < -0.39 is 11.9 Å². The van der Waals surface area contributed by atoms with E-state index in [0.717, 1.165) is 6.07 Å². The second-order valence-electron chi connectivity index (χ2n) is 5.18. The third-order valence-electron chi connectivity index (χ3n) is 3.16. The van der Waals surface area contributed by atoms with Crippen LogP contribution in [0.15, 0.2) is 12.4 Å². The summed E-state index contributed by atoms with van der Waals surface area (Å²) in [6.45, 7) is 4.89. The van der Waals surface area contributed by atoms with E-state index in [0.29, 0.717) is 18.9 Å². The zero-order chi connectivity index (χ0) is 15.2.